The number of aromatic carboxylic acids is 1. The van der Waals surface area contributed by atoms with Crippen molar-refractivity contribution in [3.63, 3.8) is 0 Å². The van der Waals surface area contributed by atoms with Gasteiger partial charge in [-0.25, -0.2) is 4.79 Å². The number of thiol groups is 1. The summed E-state index contributed by atoms with van der Waals surface area (Å²) in [7, 11) is 0. The smallest absolute Gasteiger partial charge is 0.335 e. The van der Waals surface area contributed by atoms with Crippen molar-refractivity contribution in [1.82, 2.24) is 0 Å². The maximum absolute atomic E-state index is 10.7. The zero-order valence-electron chi connectivity index (χ0n) is 7.61. The predicted molar refractivity (Wildman–Crippen MR) is 55.5 cm³/mol. The van der Waals surface area contributed by atoms with Crippen LogP contribution in [-0.4, -0.2) is 11.1 Å². The van der Waals surface area contributed by atoms with E-state index in [0.29, 0.717) is 5.56 Å². The summed E-state index contributed by atoms with van der Waals surface area (Å²) < 4.78 is 0. The van der Waals surface area contributed by atoms with Crippen LogP contribution in [0.4, 0.5) is 0 Å². The zero-order valence-corrected chi connectivity index (χ0v) is 8.51. The van der Waals surface area contributed by atoms with Crippen molar-refractivity contribution in [2.24, 2.45) is 0 Å². The molecule has 1 aromatic carbocycles. The predicted octanol–water partition coefficient (Wildman–Crippen LogP) is 2.68. The van der Waals surface area contributed by atoms with E-state index in [1.165, 1.54) is 0 Å². The van der Waals surface area contributed by atoms with E-state index in [9.17, 15) is 4.79 Å². The van der Waals surface area contributed by atoms with Gasteiger partial charge in [-0.2, -0.15) is 12.6 Å². The SMILES string of the molecule is Cc1ccc(C(=O)O)cc1C(C)S. The topological polar surface area (TPSA) is 37.3 Å². The van der Waals surface area contributed by atoms with Gasteiger partial charge in [0.15, 0.2) is 0 Å². The monoisotopic (exact) mass is 196 g/mol. The van der Waals surface area contributed by atoms with Gasteiger partial charge in [-0.1, -0.05) is 6.07 Å². The third-order valence-corrected chi connectivity index (χ3v) is 2.25. The molecule has 1 atom stereocenters. The molecule has 0 aliphatic rings. The second kappa shape index (κ2) is 3.83. The molecule has 1 unspecified atom stereocenters. The van der Waals surface area contributed by atoms with Gasteiger partial charge in [0.1, 0.15) is 0 Å². The number of hydrogen-bond donors (Lipinski definition) is 2. The van der Waals surface area contributed by atoms with Crippen molar-refractivity contribution < 1.29 is 9.90 Å². The molecule has 0 amide bonds. The van der Waals surface area contributed by atoms with Crippen molar-refractivity contribution in [1.29, 1.82) is 0 Å². The van der Waals surface area contributed by atoms with Crippen LogP contribution >= 0.6 is 12.6 Å². The number of aryl methyl sites for hydroxylation is 1. The molecule has 1 aromatic rings. The van der Waals surface area contributed by atoms with Crippen molar-refractivity contribution in [2.75, 3.05) is 0 Å². The first-order valence-corrected chi connectivity index (χ1v) is 4.56. The fraction of sp³-hybridized carbons (Fsp3) is 0.300. The Kier molecular flexibility index (Phi) is 2.98. The highest BCUT2D eigenvalue weighted by atomic mass is 32.1. The Morgan fingerprint density at radius 2 is 2.15 bits per heavy atom. The summed E-state index contributed by atoms with van der Waals surface area (Å²) >= 11 is 4.28. The van der Waals surface area contributed by atoms with Crippen molar-refractivity contribution >= 4 is 18.6 Å². The van der Waals surface area contributed by atoms with Crippen LogP contribution in [0, 0.1) is 6.92 Å². The standard InChI is InChI=1S/C10H12O2S/c1-6-3-4-8(10(11)12)5-9(6)7(2)13/h3-5,7,13H,1-2H3,(H,11,12). The van der Waals surface area contributed by atoms with E-state index < -0.39 is 5.97 Å². The fourth-order valence-corrected chi connectivity index (χ4v) is 1.50. The molecule has 0 bridgehead atoms. The number of hydrogen-bond acceptors (Lipinski definition) is 2. The fourth-order valence-electron chi connectivity index (χ4n) is 1.22. The molecule has 13 heavy (non-hydrogen) atoms. The first-order chi connectivity index (χ1) is 6.02. The molecule has 0 saturated heterocycles. The number of carbonyl (C=O) groups is 1. The average molecular weight is 196 g/mol. The summed E-state index contributed by atoms with van der Waals surface area (Å²) in [5, 5.41) is 8.83. The van der Waals surface area contributed by atoms with Gasteiger partial charge < -0.3 is 5.11 Å². The quantitative estimate of drug-likeness (QED) is 0.713. The van der Waals surface area contributed by atoms with E-state index in [1.807, 2.05) is 19.9 Å². The Balaban J connectivity index is 3.19. The van der Waals surface area contributed by atoms with Gasteiger partial charge in [0, 0.05) is 5.25 Å². The minimum absolute atomic E-state index is 0.0688. The van der Waals surface area contributed by atoms with Gasteiger partial charge in [0.2, 0.25) is 0 Å². The molecule has 1 rings (SSSR count). The third kappa shape index (κ3) is 2.25. The molecule has 2 nitrogen and oxygen atoms in total. The Bertz CT molecular complexity index is 332. The molecule has 3 heteroatoms. The maximum atomic E-state index is 10.7. The number of rotatable bonds is 2. The molecule has 0 saturated carbocycles. The Morgan fingerprint density at radius 3 is 2.62 bits per heavy atom. The van der Waals surface area contributed by atoms with Crippen molar-refractivity contribution in [2.45, 2.75) is 19.1 Å². The highest BCUT2D eigenvalue weighted by Gasteiger charge is 2.08. The normalized spacial score (nSPS) is 12.5. The Hall–Kier alpha value is -0.960. The van der Waals surface area contributed by atoms with Gasteiger partial charge in [-0.05, 0) is 37.1 Å². The molecule has 0 radical (unpaired) electrons. The van der Waals surface area contributed by atoms with Gasteiger partial charge in [0.25, 0.3) is 0 Å². The summed E-state index contributed by atoms with van der Waals surface area (Å²) in [6.45, 7) is 3.88. The molecule has 1 N–H and O–H groups in total. The molecule has 70 valence electrons. The van der Waals surface area contributed by atoms with Gasteiger partial charge >= 0.3 is 5.97 Å². The van der Waals surface area contributed by atoms with Crippen LogP contribution in [0.25, 0.3) is 0 Å². The Morgan fingerprint density at radius 1 is 1.54 bits per heavy atom. The summed E-state index contributed by atoms with van der Waals surface area (Å²) in [5.74, 6) is -0.893. The summed E-state index contributed by atoms with van der Waals surface area (Å²) in [4.78, 5) is 10.7. The van der Waals surface area contributed by atoms with E-state index in [1.54, 1.807) is 12.1 Å². The molecule has 0 fully saturated rings. The summed E-state index contributed by atoms with van der Waals surface area (Å²) in [6, 6.07) is 5.10. The van der Waals surface area contributed by atoms with Gasteiger partial charge in [-0.3, -0.25) is 0 Å². The summed E-state index contributed by atoms with van der Waals surface area (Å²) in [5.41, 5.74) is 2.37. The maximum Gasteiger partial charge on any atom is 0.335 e. The van der Waals surface area contributed by atoms with Crippen LogP contribution in [0.5, 0.6) is 0 Å². The number of carboxylic acid groups (broad SMARTS) is 1. The van der Waals surface area contributed by atoms with Crippen LogP contribution in [-0.2, 0) is 0 Å². The summed E-state index contributed by atoms with van der Waals surface area (Å²) in [6.07, 6.45) is 0. The lowest BCUT2D eigenvalue weighted by Gasteiger charge is -2.09. The van der Waals surface area contributed by atoms with Crippen LogP contribution in [0.1, 0.15) is 33.7 Å². The molecular formula is C10H12O2S. The molecule has 0 aliphatic carbocycles. The van der Waals surface area contributed by atoms with Gasteiger partial charge in [0.05, 0.1) is 5.56 Å². The largest absolute Gasteiger partial charge is 0.478 e. The highest BCUT2D eigenvalue weighted by molar-refractivity contribution is 7.80. The van der Waals surface area contributed by atoms with Crippen LogP contribution < -0.4 is 0 Å². The third-order valence-electron chi connectivity index (χ3n) is 1.98. The second-order valence-corrected chi connectivity index (χ2v) is 3.83. The highest BCUT2D eigenvalue weighted by Crippen LogP contribution is 2.23. The van der Waals surface area contributed by atoms with E-state index in [0.717, 1.165) is 11.1 Å². The first-order valence-electron chi connectivity index (χ1n) is 4.04. The van der Waals surface area contributed by atoms with Crippen LogP contribution in [0.3, 0.4) is 0 Å². The minimum Gasteiger partial charge on any atom is -0.478 e. The van der Waals surface area contributed by atoms with Crippen LogP contribution in [0.2, 0.25) is 0 Å². The van der Waals surface area contributed by atoms with Crippen LogP contribution in [0.15, 0.2) is 18.2 Å². The zero-order chi connectivity index (χ0) is 10.0. The van der Waals surface area contributed by atoms with E-state index in [2.05, 4.69) is 12.6 Å². The van der Waals surface area contributed by atoms with E-state index in [-0.39, 0.29) is 5.25 Å². The number of benzene rings is 1. The van der Waals surface area contributed by atoms with Gasteiger partial charge in [-0.15, -0.1) is 0 Å². The Labute approximate surface area is 83.0 Å². The average Bonchev–Trinajstić information content (AvgIpc) is 2.04. The first kappa shape index (κ1) is 10.1. The molecule has 0 heterocycles. The molecule has 0 spiro atoms. The second-order valence-electron chi connectivity index (χ2n) is 3.05. The molecular weight excluding hydrogens is 184 g/mol. The molecule has 0 aliphatic heterocycles. The van der Waals surface area contributed by atoms with E-state index >= 15 is 0 Å². The lowest BCUT2D eigenvalue weighted by molar-refractivity contribution is 0.0697. The molecule has 0 aromatic heterocycles. The van der Waals surface area contributed by atoms with Crippen molar-refractivity contribution in [3.8, 4) is 0 Å². The lowest BCUT2D eigenvalue weighted by atomic mass is 10.0. The van der Waals surface area contributed by atoms with E-state index in [4.69, 9.17) is 5.11 Å². The number of carboxylic acids is 1. The minimum atomic E-state index is -0.893. The lowest BCUT2D eigenvalue weighted by Crippen LogP contribution is -1.99. The van der Waals surface area contributed by atoms with Crippen molar-refractivity contribution in [3.05, 3.63) is 34.9 Å².